The van der Waals surface area contributed by atoms with E-state index in [9.17, 15) is 9.18 Å². The molecular formula is C18H18FNO2. The molecule has 0 aromatic heterocycles. The Morgan fingerprint density at radius 2 is 1.95 bits per heavy atom. The van der Waals surface area contributed by atoms with E-state index in [1.54, 1.807) is 18.2 Å². The standard InChI is InChI=1S/C18H18FNO2/c1-2-22-16-10-13(18(20)21)9-15(11-3-4-11)17(16)12-5-7-14(19)8-6-12/h5-11H,2-4H2,1H3,(H2,20,21). The molecule has 0 saturated heterocycles. The van der Waals surface area contributed by atoms with Gasteiger partial charge in [0.1, 0.15) is 11.6 Å². The van der Waals surface area contributed by atoms with E-state index in [1.807, 2.05) is 13.0 Å². The van der Waals surface area contributed by atoms with Crippen molar-refractivity contribution in [2.24, 2.45) is 5.73 Å². The van der Waals surface area contributed by atoms with Crippen molar-refractivity contribution in [1.82, 2.24) is 0 Å². The highest BCUT2D eigenvalue weighted by molar-refractivity contribution is 5.95. The monoisotopic (exact) mass is 299 g/mol. The predicted molar refractivity (Wildman–Crippen MR) is 83.5 cm³/mol. The maximum atomic E-state index is 13.2. The van der Waals surface area contributed by atoms with Crippen LogP contribution in [0.4, 0.5) is 4.39 Å². The highest BCUT2D eigenvalue weighted by atomic mass is 19.1. The number of carbonyl (C=O) groups is 1. The topological polar surface area (TPSA) is 52.3 Å². The van der Waals surface area contributed by atoms with Crippen LogP contribution in [0, 0.1) is 5.82 Å². The first-order chi connectivity index (χ1) is 10.6. The lowest BCUT2D eigenvalue weighted by molar-refractivity contribution is 0.1000. The molecule has 0 spiro atoms. The van der Waals surface area contributed by atoms with Crippen molar-refractivity contribution in [2.75, 3.05) is 6.61 Å². The summed E-state index contributed by atoms with van der Waals surface area (Å²) in [5, 5.41) is 0. The fourth-order valence-corrected chi connectivity index (χ4v) is 2.69. The number of primary amides is 1. The highest BCUT2D eigenvalue weighted by Crippen LogP contribution is 2.48. The van der Waals surface area contributed by atoms with Crippen LogP contribution in [0.5, 0.6) is 5.75 Å². The predicted octanol–water partition coefficient (Wildman–Crippen LogP) is 3.87. The van der Waals surface area contributed by atoms with Crippen LogP contribution in [0.2, 0.25) is 0 Å². The van der Waals surface area contributed by atoms with Crippen LogP contribution < -0.4 is 10.5 Å². The normalized spacial score (nSPS) is 13.9. The first-order valence-corrected chi connectivity index (χ1v) is 7.46. The second kappa shape index (κ2) is 5.79. The van der Waals surface area contributed by atoms with E-state index in [1.165, 1.54) is 12.1 Å². The third kappa shape index (κ3) is 2.82. The summed E-state index contributed by atoms with van der Waals surface area (Å²) < 4.78 is 18.9. The zero-order valence-electron chi connectivity index (χ0n) is 12.4. The number of benzene rings is 2. The minimum absolute atomic E-state index is 0.275. The largest absolute Gasteiger partial charge is 0.493 e. The van der Waals surface area contributed by atoms with Crippen molar-refractivity contribution >= 4 is 5.91 Å². The smallest absolute Gasteiger partial charge is 0.248 e. The molecular weight excluding hydrogens is 281 g/mol. The van der Waals surface area contributed by atoms with Gasteiger partial charge < -0.3 is 10.5 Å². The lowest BCUT2D eigenvalue weighted by Gasteiger charge is -2.17. The van der Waals surface area contributed by atoms with Gasteiger partial charge >= 0.3 is 0 Å². The molecule has 3 rings (SSSR count). The maximum absolute atomic E-state index is 13.2. The summed E-state index contributed by atoms with van der Waals surface area (Å²) in [6.45, 7) is 2.38. The SMILES string of the molecule is CCOc1cc(C(N)=O)cc(C2CC2)c1-c1ccc(F)cc1. The number of rotatable bonds is 5. The molecule has 1 fully saturated rings. The Balaban J connectivity index is 2.20. The lowest BCUT2D eigenvalue weighted by Crippen LogP contribution is -2.12. The lowest BCUT2D eigenvalue weighted by atomic mass is 9.93. The van der Waals surface area contributed by atoms with E-state index in [0.29, 0.717) is 23.8 Å². The first-order valence-electron chi connectivity index (χ1n) is 7.46. The fraction of sp³-hybridized carbons (Fsp3) is 0.278. The third-order valence-electron chi connectivity index (χ3n) is 3.87. The molecule has 0 bridgehead atoms. The molecule has 0 unspecified atom stereocenters. The van der Waals surface area contributed by atoms with Crippen LogP contribution in [-0.4, -0.2) is 12.5 Å². The number of nitrogens with two attached hydrogens (primary N) is 1. The summed E-state index contributed by atoms with van der Waals surface area (Å²) >= 11 is 0. The van der Waals surface area contributed by atoms with E-state index in [2.05, 4.69) is 0 Å². The number of halogens is 1. The minimum atomic E-state index is -0.464. The zero-order valence-corrected chi connectivity index (χ0v) is 12.4. The number of hydrogen-bond donors (Lipinski definition) is 1. The van der Waals surface area contributed by atoms with E-state index in [-0.39, 0.29) is 5.82 Å². The molecule has 0 radical (unpaired) electrons. The molecule has 0 atom stereocenters. The summed E-state index contributed by atoms with van der Waals surface area (Å²) in [5.74, 6) is 0.308. The van der Waals surface area contributed by atoms with Crippen LogP contribution in [0.1, 0.15) is 41.6 Å². The van der Waals surface area contributed by atoms with Gasteiger partial charge in [0, 0.05) is 11.1 Å². The number of hydrogen-bond acceptors (Lipinski definition) is 2. The second-order valence-electron chi connectivity index (χ2n) is 5.52. The van der Waals surface area contributed by atoms with Crippen LogP contribution in [0.15, 0.2) is 36.4 Å². The average molecular weight is 299 g/mol. The fourth-order valence-electron chi connectivity index (χ4n) is 2.69. The molecule has 2 aromatic rings. The molecule has 3 nitrogen and oxygen atoms in total. The van der Waals surface area contributed by atoms with Gasteiger partial charge in [0.25, 0.3) is 0 Å². The molecule has 1 saturated carbocycles. The molecule has 1 aliphatic rings. The Labute approximate surface area is 128 Å². The van der Waals surface area contributed by atoms with E-state index in [0.717, 1.165) is 29.5 Å². The molecule has 1 amide bonds. The second-order valence-corrected chi connectivity index (χ2v) is 5.52. The Kier molecular flexibility index (Phi) is 3.84. The molecule has 2 aromatic carbocycles. The van der Waals surface area contributed by atoms with Crippen molar-refractivity contribution in [1.29, 1.82) is 0 Å². The van der Waals surface area contributed by atoms with Crippen LogP contribution in [0.25, 0.3) is 11.1 Å². The van der Waals surface area contributed by atoms with Gasteiger partial charge in [-0.25, -0.2) is 4.39 Å². The quantitative estimate of drug-likeness (QED) is 0.911. The molecule has 114 valence electrons. The van der Waals surface area contributed by atoms with Gasteiger partial charge in [-0.1, -0.05) is 12.1 Å². The van der Waals surface area contributed by atoms with Crippen LogP contribution >= 0.6 is 0 Å². The van der Waals surface area contributed by atoms with Crippen LogP contribution in [-0.2, 0) is 0 Å². The molecule has 2 N–H and O–H groups in total. The van der Waals surface area contributed by atoms with Crippen molar-refractivity contribution in [3.05, 3.63) is 53.3 Å². The first kappa shape index (κ1) is 14.6. The minimum Gasteiger partial charge on any atom is -0.493 e. The number of amides is 1. The Morgan fingerprint density at radius 1 is 1.27 bits per heavy atom. The van der Waals surface area contributed by atoms with Crippen LogP contribution in [0.3, 0.4) is 0 Å². The summed E-state index contributed by atoms with van der Waals surface area (Å²) in [6.07, 6.45) is 2.17. The third-order valence-corrected chi connectivity index (χ3v) is 3.87. The van der Waals surface area contributed by atoms with Gasteiger partial charge in [-0.15, -0.1) is 0 Å². The van der Waals surface area contributed by atoms with Crippen molar-refractivity contribution in [3.8, 4) is 16.9 Å². The maximum Gasteiger partial charge on any atom is 0.248 e. The Bertz CT molecular complexity index is 706. The summed E-state index contributed by atoms with van der Waals surface area (Å²) in [6, 6.07) is 9.87. The van der Waals surface area contributed by atoms with Gasteiger partial charge in [-0.3, -0.25) is 4.79 Å². The van der Waals surface area contributed by atoms with Crippen molar-refractivity contribution in [3.63, 3.8) is 0 Å². The molecule has 1 aliphatic carbocycles. The van der Waals surface area contributed by atoms with E-state index < -0.39 is 5.91 Å². The van der Waals surface area contributed by atoms with Gasteiger partial charge in [0.2, 0.25) is 5.91 Å². The summed E-state index contributed by atoms with van der Waals surface area (Å²) in [4.78, 5) is 11.6. The summed E-state index contributed by atoms with van der Waals surface area (Å²) in [5.41, 5.74) is 8.78. The van der Waals surface area contributed by atoms with Crippen molar-refractivity contribution in [2.45, 2.75) is 25.7 Å². The average Bonchev–Trinajstić information content (AvgIpc) is 3.32. The van der Waals surface area contributed by atoms with Gasteiger partial charge in [0.05, 0.1) is 6.61 Å². The Morgan fingerprint density at radius 3 is 2.50 bits per heavy atom. The van der Waals surface area contributed by atoms with Gasteiger partial charge in [0.15, 0.2) is 0 Å². The highest BCUT2D eigenvalue weighted by Gasteiger charge is 2.29. The van der Waals surface area contributed by atoms with Crippen molar-refractivity contribution < 1.29 is 13.9 Å². The van der Waals surface area contributed by atoms with Gasteiger partial charge in [-0.05, 0) is 61.1 Å². The molecule has 22 heavy (non-hydrogen) atoms. The molecule has 0 aliphatic heterocycles. The van der Waals surface area contributed by atoms with Gasteiger partial charge in [-0.2, -0.15) is 0 Å². The molecule has 0 heterocycles. The Hall–Kier alpha value is -2.36. The number of carbonyl (C=O) groups excluding carboxylic acids is 1. The number of ether oxygens (including phenoxy) is 1. The molecule has 4 heteroatoms. The zero-order chi connectivity index (χ0) is 15.7. The van der Waals surface area contributed by atoms with E-state index in [4.69, 9.17) is 10.5 Å². The van der Waals surface area contributed by atoms with E-state index >= 15 is 0 Å². The summed E-state index contributed by atoms with van der Waals surface area (Å²) in [7, 11) is 0.